The van der Waals surface area contributed by atoms with Crippen LogP contribution < -0.4 is 10.6 Å². The molecule has 150 valence electrons. The van der Waals surface area contributed by atoms with Gasteiger partial charge in [0.05, 0.1) is 11.0 Å². The fourth-order valence-corrected chi connectivity index (χ4v) is 3.24. The number of hydrogen-bond acceptors (Lipinski definition) is 5. The average Bonchev–Trinajstić information content (AvgIpc) is 3.25. The highest BCUT2D eigenvalue weighted by Gasteiger charge is 2.09. The Bertz CT molecular complexity index is 1310. The number of nitrogens with one attached hydrogen (secondary N) is 3. The van der Waals surface area contributed by atoms with Gasteiger partial charge in [0.1, 0.15) is 5.82 Å². The van der Waals surface area contributed by atoms with Crippen LogP contribution in [0.5, 0.6) is 0 Å². The largest absolute Gasteiger partial charge is 0.338 e. The minimum Gasteiger partial charge on any atom is -0.338 e. The molecule has 0 unspecified atom stereocenters. The van der Waals surface area contributed by atoms with Crippen molar-refractivity contribution in [1.29, 1.82) is 0 Å². The topological polar surface area (TPSA) is 95.6 Å². The van der Waals surface area contributed by atoms with E-state index in [1.165, 1.54) is 0 Å². The molecule has 31 heavy (non-hydrogen) atoms. The molecule has 0 fully saturated rings. The van der Waals surface area contributed by atoms with E-state index < -0.39 is 0 Å². The summed E-state index contributed by atoms with van der Waals surface area (Å²) in [5.74, 6) is 1.07. The molecular formula is C24H18N6O. The highest BCUT2D eigenvalue weighted by Crippen LogP contribution is 2.22. The van der Waals surface area contributed by atoms with Gasteiger partial charge in [-0.1, -0.05) is 18.2 Å². The second-order valence-electron chi connectivity index (χ2n) is 6.91. The first-order valence-corrected chi connectivity index (χ1v) is 9.75. The third-order valence-electron chi connectivity index (χ3n) is 4.75. The second-order valence-corrected chi connectivity index (χ2v) is 6.91. The molecule has 2 aromatic heterocycles. The maximum Gasteiger partial charge on any atom is 0.255 e. The zero-order valence-electron chi connectivity index (χ0n) is 16.4. The Hall–Kier alpha value is -4.52. The fourth-order valence-electron chi connectivity index (χ4n) is 3.24. The second kappa shape index (κ2) is 8.08. The number of rotatable bonds is 5. The monoisotopic (exact) mass is 406 g/mol. The van der Waals surface area contributed by atoms with Crippen LogP contribution >= 0.6 is 0 Å². The summed E-state index contributed by atoms with van der Waals surface area (Å²) in [7, 11) is 0. The van der Waals surface area contributed by atoms with E-state index in [-0.39, 0.29) is 5.91 Å². The van der Waals surface area contributed by atoms with Crippen LogP contribution in [0.15, 0.2) is 91.3 Å². The number of H-pyrrole nitrogens is 1. The van der Waals surface area contributed by atoms with E-state index in [4.69, 9.17) is 0 Å². The number of aromatic nitrogens is 4. The Morgan fingerprint density at radius 3 is 2.42 bits per heavy atom. The number of para-hydroxylation sites is 2. The normalized spacial score (nSPS) is 10.7. The summed E-state index contributed by atoms with van der Waals surface area (Å²) in [4.78, 5) is 28.9. The maximum atomic E-state index is 12.7. The van der Waals surface area contributed by atoms with Gasteiger partial charge in [0.2, 0.25) is 5.95 Å². The van der Waals surface area contributed by atoms with Gasteiger partial charge in [-0.3, -0.25) is 4.79 Å². The molecular weight excluding hydrogens is 388 g/mol. The first-order valence-electron chi connectivity index (χ1n) is 9.75. The lowest BCUT2D eigenvalue weighted by molar-refractivity contribution is 0.102. The van der Waals surface area contributed by atoms with Gasteiger partial charge in [-0.15, -0.1) is 0 Å². The number of hydrogen-bond donors (Lipinski definition) is 3. The molecule has 0 aliphatic carbocycles. The molecule has 2 heterocycles. The quantitative estimate of drug-likeness (QED) is 0.381. The fraction of sp³-hybridized carbons (Fsp3) is 0. The van der Waals surface area contributed by atoms with Gasteiger partial charge in [0.15, 0.2) is 0 Å². The summed E-state index contributed by atoms with van der Waals surface area (Å²) < 4.78 is 0. The number of imidazole rings is 1. The number of amides is 1. The Labute approximate surface area is 178 Å². The molecule has 0 radical (unpaired) electrons. The van der Waals surface area contributed by atoms with Gasteiger partial charge >= 0.3 is 0 Å². The standard InChI is InChI=1S/C24H18N6O/c31-23(17-5-3-6-19(15-17)28-24-25-13-4-14-26-24)27-18-11-9-16(10-12-18)22-29-20-7-1-2-8-21(20)30-22/h1-15H,(H,27,31)(H,29,30)(H,25,26,28). The van der Waals surface area contributed by atoms with E-state index in [1.807, 2.05) is 60.7 Å². The lowest BCUT2D eigenvalue weighted by Gasteiger charge is -2.08. The minimum atomic E-state index is -0.200. The van der Waals surface area contributed by atoms with E-state index >= 15 is 0 Å². The summed E-state index contributed by atoms with van der Waals surface area (Å²) >= 11 is 0. The van der Waals surface area contributed by atoms with Crippen LogP contribution in [0.25, 0.3) is 22.4 Å². The third-order valence-corrected chi connectivity index (χ3v) is 4.75. The number of fused-ring (bicyclic) bond motifs is 1. The van der Waals surface area contributed by atoms with Gasteiger partial charge in [0, 0.05) is 34.9 Å². The van der Waals surface area contributed by atoms with Crippen LogP contribution in [-0.4, -0.2) is 25.8 Å². The number of nitrogens with zero attached hydrogens (tertiary/aromatic N) is 3. The van der Waals surface area contributed by atoms with Gasteiger partial charge in [-0.05, 0) is 60.7 Å². The lowest BCUT2D eigenvalue weighted by Crippen LogP contribution is -2.12. The van der Waals surface area contributed by atoms with Crippen molar-refractivity contribution in [2.24, 2.45) is 0 Å². The molecule has 5 aromatic rings. The van der Waals surface area contributed by atoms with E-state index in [0.29, 0.717) is 17.2 Å². The van der Waals surface area contributed by atoms with Crippen LogP contribution in [0.1, 0.15) is 10.4 Å². The highest BCUT2D eigenvalue weighted by atomic mass is 16.1. The Morgan fingerprint density at radius 1 is 0.806 bits per heavy atom. The first kappa shape index (κ1) is 18.5. The van der Waals surface area contributed by atoms with Crippen molar-refractivity contribution < 1.29 is 4.79 Å². The third kappa shape index (κ3) is 4.11. The summed E-state index contributed by atoms with van der Waals surface area (Å²) in [6.07, 6.45) is 3.31. The van der Waals surface area contributed by atoms with Crippen LogP contribution in [0, 0.1) is 0 Å². The Balaban J connectivity index is 1.30. The molecule has 0 spiro atoms. The number of benzene rings is 3. The lowest BCUT2D eigenvalue weighted by atomic mass is 10.1. The summed E-state index contributed by atoms with van der Waals surface area (Å²) in [5.41, 5.74) is 4.83. The van der Waals surface area contributed by atoms with Crippen molar-refractivity contribution in [3.8, 4) is 11.4 Å². The molecule has 0 aliphatic rings. The van der Waals surface area contributed by atoms with Gasteiger partial charge < -0.3 is 15.6 Å². The molecule has 0 saturated carbocycles. The van der Waals surface area contributed by atoms with Crippen molar-refractivity contribution in [2.75, 3.05) is 10.6 Å². The van der Waals surface area contributed by atoms with Crippen molar-refractivity contribution in [2.45, 2.75) is 0 Å². The van der Waals surface area contributed by atoms with Crippen molar-refractivity contribution >= 4 is 34.3 Å². The van der Waals surface area contributed by atoms with Gasteiger partial charge in [-0.2, -0.15) is 0 Å². The highest BCUT2D eigenvalue weighted by molar-refractivity contribution is 6.05. The molecule has 7 heteroatoms. The maximum absolute atomic E-state index is 12.7. The van der Waals surface area contributed by atoms with Crippen molar-refractivity contribution in [3.05, 3.63) is 96.8 Å². The minimum absolute atomic E-state index is 0.200. The molecule has 0 aliphatic heterocycles. The van der Waals surface area contributed by atoms with Crippen LogP contribution in [0.4, 0.5) is 17.3 Å². The van der Waals surface area contributed by atoms with Crippen molar-refractivity contribution in [3.63, 3.8) is 0 Å². The van der Waals surface area contributed by atoms with E-state index in [0.717, 1.165) is 28.1 Å². The zero-order valence-corrected chi connectivity index (χ0v) is 16.4. The molecule has 1 amide bonds. The smallest absolute Gasteiger partial charge is 0.255 e. The molecule has 5 rings (SSSR count). The summed E-state index contributed by atoms with van der Waals surface area (Å²) in [5, 5.41) is 6.01. The summed E-state index contributed by atoms with van der Waals surface area (Å²) in [6, 6.07) is 24.4. The predicted molar refractivity (Wildman–Crippen MR) is 121 cm³/mol. The molecule has 3 aromatic carbocycles. The number of anilines is 3. The van der Waals surface area contributed by atoms with Crippen molar-refractivity contribution in [1.82, 2.24) is 19.9 Å². The number of aromatic amines is 1. The molecule has 0 bridgehead atoms. The van der Waals surface area contributed by atoms with E-state index in [9.17, 15) is 4.79 Å². The zero-order chi connectivity index (χ0) is 21.0. The van der Waals surface area contributed by atoms with Crippen LogP contribution in [0.2, 0.25) is 0 Å². The predicted octanol–water partition coefficient (Wildman–Crippen LogP) is 5.02. The van der Waals surface area contributed by atoms with Gasteiger partial charge in [-0.25, -0.2) is 15.0 Å². The average molecular weight is 406 g/mol. The molecule has 3 N–H and O–H groups in total. The van der Waals surface area contributed by atoms with Crippen LogP contribution in [-0.2, 0) is 0 Å². The Kier molecular flexibility index (Phi) is 4.82. The van der Waals surface area contributed by atoms with E-state index in [1.54, 1.807) is 30.6 Å². The summed E-state index contributed by atoms with van der Waals surface area (Å²) in [6.45, 7) is 0. The SMILES string of the molecule is O=C(Nc1ccc(-c2nc3ccccc3[nH]2)cc1)c1cccc(Nc2ncccn2)c1. The first-order chi connectivity index (χ1) is 15.2. The Morgan fingerprint density at radius 2 is 1.61 bits per heavy atom. The molecule has 7 nitrogen and oxygen atoms in total. The number of carbonyl (C=O) groups is 1. The molecule has 0 atom stereocenters. The van der Waals surface area contributed by atoms with E-state index in [2.05, 4.69) is 30.6 Å². The van der Waals surface area contributed by atoms with Gasteiger partial charge in [0.25, 0.3) is 5.91 Å². The number of carbonyl (C=O) groups excluding carboxylic acids is 1. The molecule has 0 saturated heterocycles. The van der Waals surface area contributed by atoms with Crippen LogP contribution in [0.3, 0.4) is 0 Å².